The molecular formula is C22H15Cl2N5O. The van der Waals surface area contributed by atoms with E-state index in [2.05, 4.69) is 20.3 Å². The van der Waals surface area contributed by atoms with Crippen LogP contribution in [0.15, 0.2) is 92.9 Å². The molecule has 0 radical (unpaired) electrons. The molecule has 0 atom stereocenters. The summed E-state index contributed by atoms with van der Waals surface area (Å²) in [6.07, 6.45) is 0. The van der Waals surface area contributed by atoms with Crippen LogP contribution in [0.3, 0.4) is 0 Å². The van der Waals surface area contributed by atoms with E-state index in [0.29, 0.717) is 38.0 Å². The van der Waals surface area contributed by atoms with E-state index in [1.807, 2.05) is 36.4 Å². The van der Waals surface area contributed by atoms with Gasteiger partial charge < -0.3 is 0 Å². The monoisotopic (exact) mass is 435 g/mol. The van der Waals surface area contributed by atoms with Crippen molar-refractivity contribution in [2.24, 2.45) is 15.3 Å². The summed E-state index contributed by atoms with van der Waals surface area (Å²) in [5.41, 5.74) is 1.40. The van der Waals surface area contributed by atoms with Gasteiger partial charge >= 0.3 is 0 Å². The molecule has 1 aromatic heterocycles. The van der Waals surface area contributed by atoms with Gasteiger partial charge in [0.2, 0.25) is 5.84 Å². The van der Waals surface area contributed by atoms with Gasteiger partial charge in [0.15, 0.2) is 0 Å². The molecule has 4 aromatic rings. The minimum atomic E-state index is -0.289. The lowest BCUT2D eigenvalue weighted by Gasteiger charge is -2.07. The maximum Gasteiger partial charge on any atom is 0.282 e. The molecule has 0 unspecified atom stereocenters. The summed E-state index contributed by atoms with van der Waals surface area (Å²) in [7, 11) is 0. The highest BCUT2D eigenvalue weighted by atomic mass is 35.5. The van der Waals surface area contributed by atoms with Gasteiger partial charge in [-0.15, -0.1) is 15.3 Å². The number of aryl methyl sites for hydroxylation is 1. The van der Waals surface area contributed by atoms with E-state index in [0.717, 1.165) is 0 Å². The minimum absolute atomic E-state index is 0.230. The Balaban J connectivity index is 1.88. The Hall–Kier alpha value is -3.35. The molecule has 30 heavy (non-hydrogen) atoms. The highest BCUT2D eigenvalue weighted by Crippen LogP contribution is 2.28. The third-order valence-electron chi connectivity index (χ3n) is 4.30. The number of halogens is 2. The molecule has 1 heterocycles. The van der Waals surface area contributed by atoms with Crippen molar-refractivity contribution in [2.45, 2.75) is 6.92 Å². The Kier molecular flexibility index (Phi) is 5.70. The predicted octanol–water partition coefficient (Wildman–Crippen LogP) is 6.01. The van der Waals surface area contributed by atoms with E-state index in [-0.39, 0.29) is 11.4 Å². The normalized spacial score (nSPS) is 12.0. The Morgan fingerprint density at radius 3 is 2.50 bits per heavy atom. The predicted molar refractivity (Wildman–Crippen MR) is 120 cm³/mol. The van der Waals surface area contributed by atoms with Crippen LogP contribution in [0.5, 0.6) is 0 Å². The lowest BCUT2D eigenvalue weighted by atomic mass is 10.2. The van der Waals surface area contributed by atoms with Crippen molar-refractivity contribution in [1.82, 2.24) is 9.66 Å². The average molecular weight is 436 g/mol. The molecule has 0 saturated carbocycles. The second-order valence-corrected chi connectivity index (χ2v) is 7.22. The van der Waals surface area contributed by atoms with Gasteiger partial charge in [-0.1, -0.05) is 65.7 Å². The molecule has 0 bridgehead atoms. The number of aromatic nitrogens is 2. The van der Waals surface area contributed by atoms with Gasteiger partial charge in [0.05, 0.1) is 15.9 Å². The fourth-order valence-electron chi connectivity index (χ4n) is 2.83. The largest absolute Gasteiger partial charge is 0.282 e. The molecule has 0 N–H and O–H groups in total. The molecule has 3 aromatic carbocycles. The van der Waals surface area contributed by atoms with E-state index in [1.54, 1.807) is 43.3 Å². The van der Waals surface area contributed by atoms with Crippen molar-refractivity contribution in [3.8, 4) is 0 Å². The second-order valence-electron chi connectivity index (χ2n) is 6.38. The van der Waals surface area contributed by atoms with Crippen LogP contribution in [0.4, 0.5) is 5.69 Å². The maximum atomic E-state index is 13.0. The van der Waals surface area contributed by atoms with E-state index in [9.17, 15) is 4.79 Å². The summed E-state index contributed by atoms with van der Waals surface area (Å²) in [4.78, 5) is 17.5. The van der Waals surface area contributed by atoms with Crippen molar-refractivity contribution in [3.63, 3.8) is 0 Å². The lowest BCUT2D eigenvalue weighted by Crippen LogP contribution is -2.22. The van der Waals surface area contributed by atoms with Gasteiger partial charge in [-0.05, 0) is 37.3 Å². The Bertz CT molecular complexity index is 1350. The first-order valence-electron chi connectivity index (χ1n) is 9.02. The zero-order valence-corrected chi connectivity index (χ0v) is 17.3. The van der Waals surface area contributed by atoms with E-state index in [1.165, 1.54) is 4.68 Å². The van der Waals surface area contributed by atoms with Crippen LogP contribution in [0.25, 0.3) is 10.9 Å². The van der Waals surface area contributed by atoms with Crippen molar-refractivity contribution in [2.75, 3.05) is 0 Å². The zero-order valence-electron chi connectivity index (χ0n) is 15.8. The summed E-state index contributed by atoms with van der Waals surface area (Å²) < 4.78 is 1.23. The van der Waals surface area contributed by atoms with Crippen LogP contribution in [0.1, 0.15) is 11.4 Å². The van der Waals surface area contributed by atoms with Crippen LogP contribution in [0.2, 0.25) is 10.0 Å². The highest BCUT2D eigenvalue weighted by Gasteiger charge is 2.10. The summed E-state index contributed by atoms with van der Waals surface area (Å²) in [5, 5.41) is 14.3. The molecule has 0 aliphatic carbocycles. The van der Waals surface area contributed by atoms with Crippen LogP contribution in [-0.4, -0.2) is 15.5 Å². The standard InChI is InChI=1S/C22H15Cl2N5O/c1-14-25-19-10-6-5-9-17(19)22(30)29(14)28-21(15-7-3-2-4-8-15)27-26-20-13-16(23)11-12-18(20)24/h2-13H,1H3/b27-26?,28-21+. The molecule has 0 amide bonds. The quantitative estimate of drug-likeness (QED) is 0.224. The molecular weight excluding hydrogens is 421 g/mol. The number of para-hydroxylation sites is 1. The number of azo groups is 1. The Labute approximate surface area is 182 Å². The smallest absolute Gasteiger partial charge is 0.267 e. The highest BCUT2D eigenvalue weighted by molar-refractivity contribution is 6.35. The van der Waals surface area contributed by atoms with Crippen molar-refractivity contribution >= 4 is 45.6 Å². The lowest BCUT2D eigenvalue weighted by molar-refractivity contribution is 0.764. The number of hydrogen-bond acceptors (Lipinski definition) is 4. The second kappa shape index (κ2) is 8.57. The molecule has 0 fully saturated rings. The first-order chi connectivity index (χ1) is 14.5. The summed E-state index contributed by atoms with van der Waals surface area (Å²) in [6, 6.07) is 21.3. The number of hydrogen-bond donors (Lipinski definition) is 0. The van der Waals surface area contributed by atoms with Crippen molar-refractivity contribution < 1.29 is 0 Å². The van der Waals surface area contributed by atoms with Crippen LogP contribution < -0.4 is 5.56 Å². The topological polar surface area (TPSA) is 72.0 Å². The molecule has 0 aliphatic heterocycles. The van der Waals surface area contributed by atoms with Gasteiger partial charge in [0.1, 0.15) is 11.5 Å². The molecule has 4 rings (SSSR count). The van der Waals surface area contributed by atoms with Gasteiger partial charge in [-0.25, -0.2) is 4.98 Å². The Morgan fingerprint density at radius 2 is 1.70 bits per heavy atom. The summed E-state index contributed by atoms with van der Waals surface area (Å²) in [5.74, 6) is 0.664. The zero-order chi connectivity index (χ0) is 21.1. The third kappa shape index (κ3) is 4.15. The van der Waals surface area contributed by atoms with Gasteiger partial charge in [-0.2, -0.15) is 4.68 Å². The van der Waals surface area contributed by atoms with Crippen molar-refractivity contribution in [3.05, 3.63) is 105 Å². The van der Waals surface area contributed by atoms with Gasteiger partial charge in [0, 0.05) is 10.6 Å². The van der Waals surface area contributed by atoms with Crippen LogP contribution in [-0.2, 0) is 0 Å². The Morgan fingerprint density at radius 1 is 0.967 bits per heavy atom. The van der Waals surface area contributed by atoms with E-state index >= 15 is 0 Å². The van der Waals surface area contributed by atoms with Crippen molar-refractivity contribution in [1.29, 1.82) is 0 Å². The number of benzene rings is 3. The van der Waals surface area contributed by atoms with Gasteiger partial charge in [0.25, 0.3) is 5.56 Å². The number of amidine groups is 1. The van der Waals surface area contributed by atoms with E-state index in [4.69, 9.17) is 23.2 Å². The molecule has 0 spiro atoms. The first kappa shape index (κ1) is 19.9. The molecule has 148 valence electrons. The fraction of sp³-hybridized carbons (Fsp3) is 0.0455. The molecule has 6 nitrogen and oxygen atoms in total. The number of fused-ring (bicyclic) bond motifs is 1. The summed E-state index contributed by atoms with van der Waals surface area (Å²) >= 11 is 12.2. The van der Waals surface area contributed by atoms with Crippen LogP contribution in [0, 0.1) is 6.92 Å². The molecule has 0 aliphatic rings. The maximum absolute atomic E-state index is 13.0. The van der Waals surface area contributed by atoms with E-state index < -0.39 is 0 Å². The van der Waals surface area contributed by atoms with Gasteiger partial charge in [-0.3, -0.25) is 4.79 Å². The fourth-order valence-corrected chi connectivity index (χ4v) is 3.16. The number of nitrogens with zero attached hydrogens (tertiary/aromatic N) is 5. The third-order valence-corrected chi connectivity index (χ3v) is 4.86. The van der Waals surface area contributed by atoms with Crippen LogP contribution >= 0.6 is 23.2 Å². The number of rotatable bonds is 3. The SMILES string of the molecule is Cc1nc2ccccc2c(=O)n1/N=C(/N=Nc1cc(Cl)ccc1Cl)c1ccccc1. The molecule has 8 heteroatoms. The minimum Gasteiger partial charge on any atom is -0.267 e. The summed E-state index contributed by atoms with van der Waals surface area (Å²) in [6.45, 7) is 1.71. The molecule has 0 saturated heterocycles. The average Bonchev–Trinajstić information content (AvgIpc) is 2.76. The first-order valence-corrected chi connectivity index (χ1v) is 9.78.